The van der Waals surface area contributed by atoms with E-state index in [4.69, 9.17) is 9.47 Å². The molecule has 0 spiro atoms. The van der Waals surface area contributed by atoms with Gasteiger partial charge in [0.15, 0.2) is 11.5 Å². The van der Waals surface area contributed by atoms with Gasteiger partial charge in [0.25, 0.3) is 0 Å². The summed E-state index contributed by atoms with van der Waals surface area (Å²) in [6, 6.07) is 5.95. The van der Waals surface area contributed by atoms with Gasteiger partial charge in [0.05, 0.1) is 14.2 Å². The molecule has 0 heterocycles. The van der Waals surface area contributed by atoms with Crippen LogP contribution in [0.1, 0.15) is 12.5 Å². The summed E-state index contributed by atoms with van der Waals surface area (Å²) in [5.74, 6) is 1.54. The zero-order valence-corrected chi connectivity index (χ0v) is 9.67. The second-order valence-electron chi connectivity index (χ2n) is 3.24. The normalized spacial score (nSPS) is 12.3. The average Bonchev–Trinajstić information content (AvgIpc) is 2.16. The van der Waals surface area contributed by atoms with E-state index < -0.39 is 0 Å². The first kappa shape index (κ1) is 11.2. The van der Waals surface area contributed by atoms with Gasteiger partial charge in [0.2, 0.25) is 0 Å². The lowest BCUT2D eigenvalue weighted by Gasteiger charge is -2.10. The third-order valence-corrected chi connectivity index (χ3v) is 2.16. The van der Waals surface area contributed by atoms with E-state index in [9.17, 15) is 0 Å². The molecule has 0 aliphatic rings. The third-order valence-electron chi connectivity index (χ3n) is 1.98. The van der Waals surface area contributed by atoms with E-state index in [1.165, 1.54) is 5.56 Å². The van der Waals surface area contributed by atoms with Crippen LogP contribution in [0.5, 0.6) is 11.5 Å². The van der Waals surface area contributed by atoms with Gasteiger partial charge in [-0.3, -0.25) is 0 Å². The fourth-order valence-electron chi connectivity index (χ4n) is 1.35. The molecule has 0 fully saturated rings. The maximum atomic E-state index is 5.21. The predicted molar refractivity (Wildman–Crippen MR) is 61.7 cm³/mol. The molecule has 0 aromatic heterocycles. The second-order valence-corrected chi connectivity index (χ2v) is 4.12. The molecule has 0 aliphatic heterocycles. The third kappa shape index (κ3) is 2.84. The molecule has 1 unspecified atom stereocenters. The van der Waals surface area contributed by atoms with Crippen LogP contribution in [0.25, 0.3) is 0 Å². The Morgan fingerprint density at radius 3 is 2.36 bits per heavy atom. The average molecular weight is 212 g/mol. The molecule has 0 radical (unpaired) electrons. The lowest BCUT2D eigenvalue weighted by molar-refractivity contribution is 0.354. The van der Waals surface area contributed by atoms with Crippen molar-refractivity contribution in [3.8, 4) is 11.5 Å². The van der Waals surface area contributed by atoms with Crippen molar-refractivity contribution >= 4 is 12.6 Å². The van der Waals surface area contributed by atoms with Gasteiger partial charge in [-0.05, 0) is 24.1 Å². The number of hydrogen-bond donors (Lipinski definition) is 1. The number of thiol groups is 1. The van der Waals surface area contributed by atoms with Crippen LogP contribution in [0.4, 0.5) is 0 Å². The first-order valence-electron chi connectivity index (χ1n) is 4.56. The van der Waals surface area contributed by atoms with Gasteiger partial charge in [-0.15, -0.1) is 0 Å². The Balaban J connectivity index is 2.89. The molecule has 1 aromatic carbocycles. The molecule has 2 nitrogen and oxygen atoms in total. The van der Waals surface area contributed by atoms with Crippen molar-refractivity contribution in [1.29, 1.82) is 0 Å². The molecule has 0 saturated carbocycles. The molecule has 3 heteroatoms. The maximum absolute atomic E-state index is 5.21. The molecular weight excluding hydrogens is 196 g/mol. The summed E-state index contributed by atoms with van der Waals surface area (Å²) in [6.45, 7) is 2.07. The highest BCUT2D eigenvalue weighted by molar-refractivity contribution is 7.80. The SMILES string of the molecule is COc1ccc(CC(C)S)cc1OC. The van der Waals surface area contributed by atoms with Crippen molar-refractivity contribution < 1.29 is 9.47 Å². The number of benzene rings is 1. The second kappa shape index (κ2) is 5.15. The number of ether oxygens (including phenoxy) is 2. The summed E-state index contributed by atoms with van der Waals surface area (Å²) >= 11 is 4.35. The summed E-state index contributed by atoms with van der Waals surface area (Å²) in [5.41, 5.74) is 1.21. The predicted octanol–water partition coefficient (Wildman–Crippen LogP) is 2.56. The molecule has 0 N–H and O–H groups in total. The van der Waals surface area contributed by atoms with E-state index >= 15 is 0 Å². The van der Waals surface area contributed by atoms with Crippen molar-refractivity contribution in [3.63, 3.8) is 0 Å². The zero-order chi connectivity index (χ0) is 10.6. The van der Waals surface area contributed by atoms with Gasteiger partial charge in [-0.25, -0.2) is 0 Å². The summed E-state index contributed by atoms with van der Waals surface area (Å²) in [4.78, 5) is 0. The van der Waals surface area contributed by atoms with E-state index in [0.717, 1.165) is 17.9 Å². The lowest BCUT2D eigenvalue weighted by atomic mass is 10.1. The Bertz CT molecular complexity index is 297. The Labute approximate surface area is 90.6 Å². The van der Waals surface area contributed by atoms with Crippen LogP contribution < -0.4 is 9.47 Å². The first-order valence-corrected chi connectivity index (χ1v) is 5.08. The van der Waals surface area contributed by atoms with E-state index in [2.05, 4.69) is 19.6 Å². The van der Waals surface area contributed by atoms with Crippen LogP contribution in [-0.4, -0.2) is 19.5 Å². The highest BCUT2D eigenvalue weighted by Gasteiger charge is 2.05. The molecule has 0 amide bonds. The summed E-state index contributed by atoms with van der Waals surface area (Å²) in [6.07, 6.45) is 0.934. The van der Waals surface area contributed by atoms with Crippen molar-refractivity contribution in [2.24, 2.45) is 0 Å². The van der Waals surface area contributed by atoms with Gasteiger partial charge in [-0.1, -0.05) is 13.0 Å². The highest BCUT2D eigenvalue weighted by atomic mass is 32.1. The van der Waals surface area contributed by atoms with Crippen LogP contribution in [0, 0.1) is 0 Å². The molecule has 0 saturated heterocycles. The fourth-order valence-corrected chi connectivity index (χ4v) is 1.56. The largest absolute Gasteiger partial charge is 0.493 e. The van der Waals surface area contributed by atoms with Gasteiger partial charge >= 0.3 is 0 Å². The summed E-state index contributed by atoms with van der Waals surface area (Å²) in [7, 11) is 3.28. The Morgan fingerprint density at radius 2 is 1.86 bits per heavy atom. The van der Waals surface area contributed by atoms with Crippen LogP contribution in [0.2, 0.25) is 0 Å². The van der Waals surface area contributed by atoms with Gasteiger partial charge < -0.3 is 9.47 Å². The molecule has 1 rings (SSSR count). The number of rotatable bonds is 4. The molecule has 78 valence electrons. The smallest absolute Gasteiger partial charge is 0.160 e. The Kier molecular flexibility index (Phi) is 4.14. The molecule has 1 atom stereocenters. The molecule has 0 bridgehead atoms. The lowest BCUT2D eigenvalue weighted by Crippen LogP contribution is -1.98. The van der Waals surface area contributed by atoms with E-state index in [-0.39, 0.29) is 0 Å². The Morgan fingerprint density at radius 1 is 1.21 bits per heavy atom. The van der Waals surface area contributed by atoms with E-state index in [0.29, 0.717) is 5.25 Å². The van der Waals surface area contributed by atoms with Crippen LogP contribution >= 0.6 is 12.6 Å². The standard InChI is InChI=1S/C11H16O2S/c1-8(14)6-9-4-5-10(12-2)11(7-9)13-3/h4-5,7-8,14H,6H2,1-3H3. The Hall–Kier alpha value is -0.830. The molecule has 1 aromatic rings. The van der Waals surface area contributed by atoms with Crippen LogP contribution in [0.3, 0.4) is 0 Å². The van der Waals surface area contributed by atoms with Gasteiger partial charge in [0, 0.05) is 5.25 Å². The number of hydrogen-bond acceptors (Lipinski definition) is 3. The maximum Gasteiger partial charge on any atom is 0.160 e. The minimum absolute atomic E-state index is 0.355. The quantitative estimate of drug-likeness (QED) is 0.773. The monoisotopic (exact) mass is 212 g/mol. The topological polar surface area (TPSA) is 18.5 Å². The minimum Gasteiger partial charge on any atom is -0.493 e. The zero-order valence-electron chi connectivity index (χ0n) is 8.78. The minimum atomic E-state index is 0.355. The summed E-state index contributed by atoms with van der Waals surface area (Å²) in [5, 5.41) is 0.355. The van der Waals surface area contributed by atoms with E-state index in [1.54, 1.807) is 14.2 Å². The number of methoxy groups -OCH3 is 2. The van der Waals surface area contributed by atoms with Gasteiger partial charge in [0.1, 0.15) is 0 Å². The van der Waals surface area contributed by atoms with Crippen LogP contribution in [-0.2, 0) is 6.42 Å². The van der Waals surface area contributed by atoms with Gasteiger partial charge in [-0.2, -0.15) is 12.6 Å². The van der Waals surface area contributed by atoms with Crippen molar-refractivity contribution in [1.82, 2.24) is 0 Å². The van der Waals surface area contributed by atoms with E-state index in [1.807, 2.05) is 18.2 Å². The summed E-state index contributed by atoms with van der Waals surface area (Å²) < 4.78 is 10.4. The first-order chi connectivity index (χ1) is 6.67. The van der Waals surface area contributed by atoms with Crippen molar-refractivity contribution in [2.75, 3.05) is 14.2 Å². The molecule has 14 heavy (non-hydrogen) atoms. The fraction of sp³-hybridized carbons (Fsp3) is 0.455. The van der Waals surface area contributed by atoms with Crippen LogP contribution in [0.15, 0.2) is 18.2 Å². The molecular formula is C11H16O2S. The highest BCUT2D eigenvalue weighted by Crippen LogP contribution is 2.28. The van der Waals surface area contributed by atoms with Crippen molar-refractivity contribution in [2.45, 2.75) is 18.6 Å². The molecule has 0 aliphatic carbocycles. The van der Waals surface area contributed by atoms with Crippen molar-refractivity contribution in [3.05, 3.63) is 23.8 Å².